The number of rotatable bonds is 2. The van der Waals surface area contributed by atoms with E-state index in [1.165, 1.54) is 0 Å². The van der Waals surface area contributed by atoms with Gasteiger partial charge in [0.25, 0.3) is 0 Å². The van der Waals surface area contributed by atoms with E-state index in [1.54, 1.807) is 0 Å². The largest absolute Gasteiger partial charge is 0.303 e. The normalized spacial score (nSPS) is 9.92. The van der Waals surface area contributed by atoms with E-state index in [0.717, 1.165) is 23.0 Å². The fourth-order valence-electron chi connectivity index (χ4n) is 1.29. The summed E-state index contributed by atoms with van der Waals surface area (Å²) in [5.74, 6) is 0. The van der Waals surface area contributed by atoms with Gasteiger partial charge in [-0.3, -0.25) is 0 Å². The molecule has 0 amide bonds. The van der Waals surface area contributed by atoms with Gasteiger partial charge in [-0.15, -0.1) is 0 Å². The molecule has 0 fully saturated rings. The second kappa shape index (κ2) is 3.72. The van der Waals surface area contributed by atoms with E-state index in [-0.39, 0.29) is 0 Å². The minimum Gasteiger partial charge on any atom is -0.303 e. The molecule has 1 aromatic carbocycles. The van der Waals surface area contributed by atoms with Gasteiger partial charge in [-0.05, 0) is 36.6 Å². The fourth-order valence-corrected chi connectivity index (χ4v) is 1.69. The molecule has 1 nitrogen and oxygen atoms in total. The van der Waals surface area contributed by atoms with E-state index < -0.39 is 0 Å². The molecule has 0 N–H and O–H groups in total. The molecule has 0 aliphatic carbocycles. The highest BCUT2D eigenvalue weighted by molar-refractivity contribution is 6.31. The van der Waals surface area contributed by atoms with Gasteiger partial charge in [-0.1, -0.05) is 17.7 Å². The summed E-state index contributed by atoms with van der Waals surface area (Å²) in [4.78, 5) is 10.3. The number of halogens is 1. The van der Waals surface area contributed by atoms with E-state index in [1.807, 2.05) is 26.0 Å². The summed E-state index contributed by atoms with van der Waals surface area (Å²) < 4.78 is 0. The number of benzene rings is 1. The smallest absolute Gasteiger partial charge is 0.124 e. The topological polar surface area (TPSA) is 17.1 Å². The fraction of sp³-hybridized carbons (Fsp3) is 0.300. The van der Waals surface area contributed by atoms with Gasteiger partial charge in [0.2, 0.25) is 0 Å². The average Bonchev–Trinajstić information content (AvgIpc) is 1.96. The first-order valence-electron chi connectivity index (χ1n) is 3.84. The van der Waals surface area contributed by atoms with Crippen molar-refractivity contribution in [3.63, 3.8) is 0 Å². The lowest BCUT2D eigenvalue weighted by atomic mass is 10.0. The molecular weight excluding hydrogens is 172 g/mol. The maximum absolute atomic E-state index is 10.3. The van der Waals surface area contributed by atoms with Crippen molar-refractivity contribution in [1.82, 2.24) is 0 Å². The third-order valence-corrected chi connectivity index (χ3v) is 2.19. The number of aryl methyl sites for hydroxylation is 2. The highest BCUT2D eigenvalue weighted by atomic mass is 35.5. The Balaban J connectivity index is 3.18. The third kappa shape index (κ3) is 1.86. The van der Waals surface area contributed by atoms with Crippen LogP contribution in [0.4, 0.5) is 0 Å². The Morgan fingerprint density at radius 1 is 1.42 bits per heavy atom. The summed E-state index contributed by atoms with van der Waals surface area (Å²) in [6.45, 7) is 3.96. The van der Waals surface area contributed by atoms with Gasteiger partial charge >= 0.3 is 0 Å². The summed E-state index contributed by atoms with van der Waals surface area (Å²) in [7, 11) is 0. The molecule has 0 aliphatic heterocycles. The summed E-state index contributed by atoms with van der Waals surface area (Å²) in [5.41, 5.74) is 3.16. The standard InChI is InChI=1S/C10H11ClO/c1-7-5-8(2)9(3-4-12)10(11)6-7/h4-6H,3H2,1-2H3. The average molecular weight is 183 g/mol. The highest BCUT2D eigenvalue weighted by Gasteiger charge is 2.03. The Labute approximate surface area is 77.4 Å². The lowest BCUT2D eigenvalue weighted by Crippen LogP contribution is -1.92. The maximum Gasteiger partial charge on any atom is 0.124 e. The molecule has 0 atom stereocenters. The van der Waals surface area contributed by atoms with Crippen molar-refractivity contribution >= 4 is 17.9 Å². The number of hydrogen-bond acceptors (Lipinski definition) is 1. The predicted molar refractivity (Wildman–Crippen MR) is 50.7 cm³/mol. The van der Waals surface area contributed by atoms with E-state index in [0.29, 0.717) is 11.4 Å². The van der Waals surface area contributed by atoms with Crippen LogP contribution >= 0.6 is 11.6 Å². The summed E-state index contributed by atoms with van der Waals surface area (Å²) in [6.07, 6.45) is 1.29. The van der Waals surface area contributed by atoms with Crippen LogP contribution in [0.2, 0.25) is 5.02 Å². The van der Waals surface area contributed by atoms with Crippen LogP contribution in [0.5, 0.6) is 0 Å². The first kappa shape index (κ1) is 9.27. The lowest BCUT2D eigenvalue weighted by Gasteiger charge is -2.05. The van der Waals surface area contributed by atoms with Crippen molar-refractivity contribution < 1.29 is 4.79 Å². The van der Waals surface area contributed by atoms with Crippen LogP contribution in [-0.2, 0) is 11.2 Å². The Morgan fingerprint density at radius 3 is 2.58 bits per heavy atom. The van der Waals surface area contributed by atoms with E-state index in [9.17, 15) is 4.79 Å². The quantitative estimate of drug-likeness (QED) is 0.643. The van der Waals surface area contributed by atoms with Crippen molar-refractivity contribution in [3.8, 4) is 0 Å². The van der Waals surface area contributed by atoms with Crippen molar-refractivity contribution in [2.24, 2.45) is 0 Å². The van der Waals surface area contributed by atoms with Crippen LogP contribution in [0.15, 0.2) is 12.1 Å². The molecule has 0 spiro atoms. The predicted octanol–water partition coefficient (Wildman–Crippen LogP) is 2.70. The Kier molecular flexibility index (Phi) is 2.88. The molecule has 0 radical (unpaired) electrons. The van der Waals surface area contributed by atoms with Gasteiger partial charge in [0.15, 0.2) is 0 Å². The third-order valence-electron chi connectivity index (χ3n) is 1.85. The Morgan fingerprint density at radius 2 is 2.08 bits per heavy atom. The molecule has 1 rings (SSSR count). The number of hydrogen-bond donors (Lipinski definition) is 0. The lowest BCUT2D eigenvalue weighted by molar-refractivity contribution is -0.107. The molecule has 12 heavy (non-hydrogen) atoms. The van der Waals surface area contributed by atoms with Crippen molar-refractivity contribution in [3.05, 3.63) is 33.8 Å². The number of carbonyl (C=O) groups excluding carboxylic acids is 1. The summed E-state index contributed by atoms with van der Waals surface area (Å²) in [5, 5.41) is 0.694. The zero-order chi connectivity index (χ0) is 9.14. The molecule has 0 aromatic heterocycles. The SMILES string of the molecule is Cc1cc(C)c(CC=O)c(Cl)c1. The molecular formula is C10H11ClO. The molecule has 0 aliphatic rings. The molecule has 1 aromatic rings. The van der Waals surface area contributed by atoms with E-state index >= 15 is 0 Å². The first-order chi connectivity index (χ1) is 5.65. The second-order valence-electron chi connectivity index (χ2n) is 2.91. The number of aldehydes is 1. The summed E-state index contributed by atoms with van der Waals surface area (Å²) in [6, 6.07) is 3.91. The zero-order valence-electron chi connectivity index (χ0n) is 7.23. The Bertz CT molecular complexity index is 282. The highest BCUT2D eigenvalue weighted by Crippen LogP contribution is 2.21. The van der Waals surface area contributed by atoms with Crippen molar-refractivity contribution in [1.29, 1.82) is 0 Å². The van der Waals surface area contributed by atoms with Crippen molar-refractivity contribution in [2.75, 3.05) is 0 Å². The minimum atomic E-state index is 0.408. The summed E-state index contributed by atoms with van der Waals surface area (Å²) >= 11 is 5.95. The van der Waals surface area contributed by atoms with Gasteiger partial charge in [0, 0.05) is 11.4 Å². The molecule has 2 heteroatoms. The minimum absolute atomic E-state index is 0.408. The van der Waals surface area contributed by atoms with Gasteiger partial charge < -0.3 is 4.79 Å². The molecule has 0 saturated heterocycles. The zero-order valence-corrected chi connectivity index (χ0v) is 7.98. The van der Waals surface area contributed by atoms with Crippen LogP contribution < -0.4 is 0 Å². The van der Waals surface area contributed by atoms with Gasteiger partial charge in [0.05, 0.1) is 0 Å². The van der Waals surface area contributed by atoms with Crippen LogP contribution in [-0.4, -0.2) is 6.29 Å². The van der Waals surface area contributed by atoms with Crippen LogP contribution in [0.25, 0.3) is 0 Å². The Hall–Kier alpha value is -0.820. The maximum atomic E-state index is 10.3. The molecule has 0 saturated carbocycles. The second-order valence-corrected chi connectivity index (χ2v) is 3.32. The molecule has 64 valence electrons. The van der Waals surface area contributed by atoms with Crippen molar-refractivity contribution in [2.45, 2.75) is 20.3 Å². The monoisotopic (exact) mass is 182 g/mol. The van der Waals surface area contributed by atoms with Crippen LogP contribution in [0, 0.1) is 13.8 Å². The van der Waals surface area contributed by atoms with Crippen LogP contribution in [0.1, 0.15) is 16.7 Å². The molecule has 0 unspecified atom stereocenters. The number of carbonyl (C=O) groups is 1. The van der Waals surface area contributed by atoms with E-state index in [2.05, 4.69) is 0 Å². The molecule has 0 bridgehead atoms. The van der Waals surface area contributed by atoms with Gasteiger partial charge in [-0.2, -0.15) is 0 Å². The molecule has 0 heterocycles. The van der Waals surface area contributed by atoms with Crippen LogP contribution in [0.3, 0.4) is 0 Å². The first-order valence-corrected chi connectivity index (χ1v) is 4.22. The van der Waals surface area contributed by atoms with E-state index in [4.69, 9.17) is 11.6 Å². The van der Waals surface area contributed by atoms with Gasteiger partial charge in [0.1, 0.15) is 6.29 Å². The van der Waals surface area contributed by atoms with Gasteiger partial charge in [-0.25, -0.2) is 0 Å².